The Labute approximate surface area is 464 Å². The quantitative estimate of drug-likeness (QED) is 0.0786. The normalized spacial score (nSPS) is 18.1. The minimum Gasteiger partial charge on any atom is -0.379 e. The molecule has 0 radical (unpaired) electrons. The van der Waals surface area contributed by atoms with Gasteiger partial charge >= 0.3 is 0 Å². The van der Waals surface area contributed by atoms with Crippen LogP contribution in [0.15, 0.2) is 35.3 Å². The number of methoxy groups -OCH3 is 2. The maximum absolute atomic E-state index is 14.6. The molecule has 9 atom stereocenters. The van der Waals surface area contributed by atoms with Crippen molar-refractivity contribution in [3.05, 3.63) is 35.9 Å². The van der Waals surface area contributed by atoms with Crippen molar-refractivity contribution < 1.29 is 61.9 Å². The first-order chi connectivity index (χ1) is 37.2. The number of benzene rings is 1. The van der Waals surface area contributed by atoms with Crippen molar-refractivity contribution in [3.63, 3.8) is 0 Å². The van der Waals surface area contributed by atoms with Gasteiger partial charge in [-0.3, -0.25) is 29.0 Å². The van der Waals surface area contributed by atoms with Crippen LogP contribution in [0.4, 0.5) is 0 Å². The molecule has 0 aromatic heterocycles. The van der Waals surface area contributed by atoms with Crippen molar-refractivity contribution in [3.8, 4) is 0 Å². The summed E-state index contributed by atoms with van der Waals surface area (Å²) >= 11 is 1.70. The second-order valence-electron chi connectivity index (χ2n) is 20.1. The van der Waals surface area contributed by atoms with Gasteiger partial charge in [-0.15, -0.1) is 11.8 Å². The molecular formula is C56H97N7O13S. The molecule has 0 bridgehead atoms. The van der Waals surface area contributed by atoms with Gasteiger partial charge in [-0.2, -0.15) is 0 Å². The number of thioether (sulfide) groups is 1. The summed E-state index contributed by atoms with van der Waals surface area (Å²) in [4.78, 5) is 80.0. The third kappa shape index (κ3) is 24.2. The Morgan fingerprint density at radius 2 is 1.40 bits per heavy atom. The molecule has 1 fully saturated rings. The Morgan fingerprint density at radius 3 is 1.92 bits per heavy atom. The van der Waals surface area contributed by atoms with Crippen molar-refractivity contribution in [1.29, 1.82) is 0 Å². The summed E-state index contributed by atoms with van der Waals surface area (Å²) in [6.07, 6.45) is 5.02. The summed E-state index contributed by atoms with van der Waals surface area (Å²) < 4.78 is 45.1. The topological polar surface area (TPSA) is 231 Å². The summed E-state index contributed by atoms with van der Waals surface area (Å²) in [5.41, 5.74) is 6.48. The monoisotopic (exact) mass is 1110 g/mol. The number of carbonyl (C=O) groups excluding carboxylic acids is 5. The standard InChI is InChI=1S/C56H97N7O13S/c1-10-12-23-63(50(66)40-59-55(68)51(41(3)4)61(7)48(64)20-25-71-27-29-73-31-33-75-35-36-76-34-32-74-30-28-72-26-21-57)52(42(5)11-2)47(69-8)39-49(65)62-24-16-19-46(62)53(70-9)43(6)54(67)60-45(56-58-22-37-77-56)38-44-17-14-13-15-18-44/h13-15,17-18,22,41-43,45-47,51-53,56H,10-12,16,19-21,23-40,57H2,1-9H3,(H,59,68)(H,60,67). The second-order valence-corrected chi connectivity index (χ2v) is 21.2. The van der Waals surface area contributed by atoms with Gasteiger partial charge in [0.25, 0.3) is 0 Å². The first kappa shape index (κ1) is 67.5. The summed E-state index contributed by atoms with van der Waals surface area (Å²) in [5.74, 6) is -1.40. The van der Waals surface area contributed by atoms with Crippen LogP contribution in [0.5, 0.6) is 0 Å². The Bertz CT molecular complexity index is 1840. The molecule has 5 amide bonds. The van der Waals surface area contributed by atoms with Gasteiger partial charge in [-0.25, -0.2) is 0 Å². The molecule has 1 aromatic carbocycles. The highest BCUT2D eigenvalue weighted by Crippen LogP contribution is 2.31. The first-order valence-electron chi connectivity index (χ1n) is 28.1. The number of aliphatic imine (C=N–C) groups is 1. The summed E-state index contributed by atoms with van der Waals surface area (Å²) in [6, 6.07) is 8.18. The Morgan fingerprint density at radius 1 is 0.805 bits per heavy atom. The van der Waals surface area contributed by atoms with Crippen LogP contribution in [-0.2, 0) is 68.3 Å². The van der Waals surface area contributed by atoms with Gasteiger partial charge in [-0.05, 0) is 43.1 Å². The van der Waals surface area contributed by atoms with E-state index in [1.54, 1.807) is 37.9 Å². The maximum atomic E-state index is 14.6. The van der Waals surface area contributed by atoms with Gasteiger partial charge in [-0.1, -0.05) is 84.7 Å². The van der Waals surface area contributed by atoms with Crippen molar-refractivity contribution in [2.24, 2.45) is 28.5 Å². The molecule has 2 heterocycles. The van der Waals surface area contributed by atoms with Crippen LogP contribution in [-0.4, -0.2) is 225 Å². The van der Waals surface area contributed by atoms with Crippen molar-refractivity contribution in [2.45, 2.75) is 135 Å². The smallest absolute Gasteiger partial charge is 0.243 e. The fourth-order valence-corrected chi connectivity index (χ4v) is 10.8. The number of nitrogens with zero attached hydrogens (tertiary/aromatic N) is 4. The van der Waals surface area contributed by atoms with E-state index in [2.05, 4.69) is 34.7 Å². The molecule has 1 saturated heterocycles. The average molecular weight is 1110 g/mol. The molecule has 0 saturated carbocycles. The van der Waals surface area contributed by atoms with Gasteiger partial charge in [0.1, 0.15) is 11.4 Å². The Balaban J connectivity index is 1.53. The summed E-state index contributed by atoms with van der Waals surface area (Å²) in [6.45, 7) is 17.8. The number of amides is 5. The number of likely N-dealkylation sites (N-methyl/N-ethyl adjacent to an activating group) is 1. The second kappa shape index (κ2) is 39.6. The van der Waals surface area contributed by atoms with Gasteiger partial charge in [0.05, 0.1) is 135 Å². The zero-order chi connectivity index (χ0) is 56.4. The largest absolute Gasteiger partial charge is 0.379 e. The highest BCUT2D eigenvalue weighted by Gasteiger charge is 2.43. The molecule has 440 valence electrons. The van der Waals surface area contributed by atoms with E-state index in [0.29, 0.717) is 111 Å². The van der Waals surface area contributed by atoms with Gasteiger partial charge < -0.3 is 69.0 Å². The molecule has 20 nitrogen and oxygen atoms in total. The minimum absolute atomic E-state index is 0.00766. The highest BCUT2D eigenvalue weighted by molar-refractivity contribution is 8.00. The lowest BCUT2D eigenvalue weighted by atomic mass is 9.89. The molecule has 4 N–H and O–H groups in total. The SMILES string of the molecule is CCCCN(C(=O)CNC(=O)C(C(C)C)N(C)C(=O)CCOCCOCCOCCOCCOCCOCCN)C(C(C)CC)C(CC(=O)N1CCCC1C(OC)C(C)C(=O)NC(Cc1ccccc1)C1N=CCS1)OC. The van der Waals surface area contributed by atoms with E-state index in [-0.39, 0.29) is 85.5 Å². The lowest BCUT2D eigenvalue weighted by Crippen LogP contribution is -2.57. The molecule has 21 heteroatoms. The number of carbonyl (C=O) groups is 5. The van der Waals surface area contributed by atoms with Crippen LogP contribution >= 0.6 is 11.8 Å². The maximum Gasteiger partial charge on any atom is 0.243 e. The number of ether oxygens (including phenoxy) is 8. The third-order valence-electron chi connectivity index (χ3n) is 14.2. The zero-order valence-electron chi connectivity index (χ0n) is 48.0. The van der Waals surface area contributed by atoms with E-state index in [1.807, 2.05) is 63.9 Å². The number of nitrogens with one attached hydrogen (secondary N) is 2. The predicted octanol–water partition coefficient (Wildman–Crippen LogP) is 4.00. The van der Waals surface area contributed by atoms with Crippen molar-refractivity contribution in [2.75, 3.05) is 132 Å². The number of unbranched alkanes of at least 4 members (excludes halogenated alkanes) is 1. The Hall–Kier alpha value is -3.77. The molecule has 77 heavy (non-hydrogen) atoms. The molecule has 1 aromatic rings. The molecule has 3 rings (SSSR count). The van der Waals surface area contributed by atoms with Crippen LogP contribution in [0.2, 0.25) is 0 Å². The lowest BCUT2D eigenvalue weighted by molar-refractivity contribution is -0.147. The number of nitrogens with two attached hydrogens (primary N) is 1. The minimum atomic E-state index is -0.836. The molecule has 9 unspecified atom stereocenters. The Kier molecular flexibility index (Phi) is 34.7. The van der Waals surface area contributed by atoms with Crippen LogP contribution in [0.3, 0.4) is 0 Å². The average Bonchev–Trinajstić information content (AvgIpc) is 4.17. The summed E-state index contributed by atoms with van der Waals surface area (Å²) in [5, 5.41) is 6.05. The van der Waals surface area contributed by atoms with E-state index in [0.717, 1.165) is 24.2 Å². The fraction of sp³-hybridized carbons (Fsp3) is 0.786. The van der Waals surface area contributed by atoms with Crippen molar-refractivity contribution in [1.82, 2.24) is 25.3 Å². The van der Waals surface area contributed by atoms with Crippen LogP contribution in [0.25, 0.3) is 0 Å². The number of hydrogen-bond acceptors (Lipinski definition) is 16. The van der Waals surface area contributed by atoms with E-state index < -0.39 is 36.1 Å². The van der Waals surface area contributed by atoms with Gasteiger partial charge in [0.15, 0.2) is 0 Å². The third-order valence-corrected chi connectivity index (χ3v) is 15.3. The van der Waals surface area contributed by atoms with Crippen molar-refractivity contribution >= 4 is 47.5 Å². The van der Waals surface area contributed by atoms with Gasteiger partial charge in [0, 0.05) is 52.9 Å². The molecule has 2 aliphatic heterocycles. The highest BCUT2D eigenvalue weighted by atomic mass is 32.2. The van der Waals surface area contributed by atoms with Crippen LogP contribution < -0.4 is 16.4 Å². The van der Waals surface area contributed by atoms with E-state index >= 15 is 0 Å². The molecular weight excluding hydrogens is 1010 g/mol. The number of rotatable bonds is 43. The van der Waals surface area contributed by atoms with E-state index in [4.69, 9.17) is 43.6 Å². The predicted molar refractivity (Wildman–Crippen MR) is 300 cm³/mol. The zero-order valence-corrected chi connectivity index (χ0v) is 48.8. The van der Waals surface area contributed by atoms with Gasteiger partial charge in [0.2, 0.25) is 29.5 Å². The van der Waals surface area contributed by atoms with E-state index in [1.165, 1.54) is 4.90 Å². The first-order valence-corrected chi connectivity index (χ1v) is 29.1. The lowest BCUT2D eigenvalue weighted by Gasteiger charge is -2.41. The molecule has 0 spiro atoms. The van der Waals surface area contributed by atoms with Crippen LogP contribution in [0, 0.1) is 17.8 Å². The molecule has 0 aliphatic carbocycles. The number of likely N-dealkylation sites (tertiary alicyclic amines) is 1. The number of hydrogen-bond donors (Lipinski definition) is 3. The summed E-state index contributed by atoms with van der Waals surface area (Å²) in [7, 11) is 4.76. The van der Waals surface area contributed by atoms with E-state index in [9.17, 15) is 24.0 Å². The fourth-order valence-electron chi connectivity index (χ4n) is 9.83. The van der Waals surface area contributed by atoms with Crippen LogP contribution in [0.1, 0.15) is 92.1 Å². The molecule has 2 aliphatic rings.